The second kappa shape index (κ2) is 6.58. The molecule has 0 bridgehead atoms. The largest absolute Gasteiger partial charge is 0.381 e. The number of hydrogen-bond acceptors (Lipinski definition) is 2. The predicted molar refractivity (Wildman–Crippen MR) is 81.4 cm³/mol. The maximum absolute atomic E-state index is 5.56. The highest BCUT2D eigenvalue weighted by atomic mass is 16.5. The molecular formula is C17H33NO. The molecule has 0 spiro atoms. The molecule has 112 valence electrons. The molecule has 0 aromatic carbocycles. The lowest BCUT2D eigenvalue weighted by Crippen LogP contribution is -2.50. The van der Waals surface area contributed by atoms with Gasteiger partial charge in [0.25, 0.3) is 0 Å². The molecule has 1 N–H and O–H groups in total. The van der Waals surface area contributed by atoms with Gasteiger partial charge in [0.05, 0.1) is 6.10 Å². The molecule has 4 unspecified atom stereocenters. The SMILES string of the molecule is COC1CCCC(NC2CCCCC2C(C)(C)C)C1. The van der Waals surface area contributed by atoms with Gasteiger partial charge in [-0.05, 0) is 49.9 Å². The Morgan fingerprint density at radius 3 is 2.37 bits per heavy atom. The zero-order valence-electron chi connectivity index (χ0n) is 13.4. The van der Waals surface area contributed by atoms with Crippen molar-refractivity contribution in [3.8, 4) is 0 Å². The van der Waals surface area contributed by atoms with Gasteiger partial charge in [-0.2, -0.15) is 0 Å². The van der Waals surface area contributed by atoms with Crippen molar-refractivity contribution in [2.45, 2.75) is 90.3 Å². The zero-order chi connectivity index (χ0) is 13.9. The number of methoxy groups -OCH3 is 1. The Hall–Kier alpha value is -0.0800. The third kappa shape index (κ3) is 4.19. The average molecular weight is 267 g/mol. The van der Waals surface area contributed by atoms with Crippen LogP contribution in [0.15, 0.2) is 0 Å². The van der Waals surface area contributed by atoms with E-state index in [0.717, 1.165) is 12.0 Å². The van der Waals surface area contributed by atoms with E-state index >= 15 is 0 Å². The van der Waals surface area contributed by atoms with Crippen molar-refractivity contribution in [2.24, 2.45) is 11.3 Å². The molecule has 2 aliphatic rings. The van der Waals surface area contributed by atoms with E-state index in [1.54, 1.807) is 0 Å². The summed E-state index contributed by atoms with van der Waals surface area (Å²) < 4.78 is 5.56. The molecule has 4 atom stereocenters. The summed E-state index contributed by atoms with van der Waals surface area (Å²) in [7, 11) is 1.87. The number of rotatable bonds is 3. The van der Waals surface area contributed by atoms with Crippen LogP contribution in [0.2, 0.25) is 0 Å². The maximum Gasteiger partial charge on any atom is 0.0586 e. The number of ether oxygens (including phenoxy) is 1. The number of nitrogens with one attached hydrogen (secondary N) is 1. The molecule has 0 radical (unpaired) electrons. The van der Waals surface area contributed by atoms with Crippen LogP contribution in [0.1, 0.15) is 72.1 Å². The zero-order valence-corrected chi connectivity index (χ0v) is 13.4. The van der Waals surface area contributed by atoms with Crippen molar-refractivity contribution >= 4 is 0 Å². The molecule has 0 aromatic rings. The third-order valence-corrected chi connectivity index (χ3v) is 5.29. The van der Waals surface area contributed by atoms with Gasteiger partial charge in [0.2, 0.25) is 0 Å². The van der Waals surface area contributed by atoms with Crippen LogP contribution in [-0.4, -0.2) is 25.3 Å². The first-order chi connectivity index (χ1) is 9.00. The highest BCUT2D eigenvalue weighted by molar-refractivity contribution is 4.91. The molecule has 2 aliphatic carbocycles. The first-order valence-corrected chi connectivity index (χ1v) is 8.29. The first-order valence-electron chi connectivity index (χ1n) is 8.29. The molecule has 2 nitrogen and oxygen atoms in total. The highest BCUT2D eigenvalue weighted by Gasteiger charge is 2.35. The van der Waals surface area contributed by atoms with Gasteiger partial charge in [-0.15, -0.1) is 0 Å². The Bertz CT molecular complexity index is 271. The lowest BCUT2D eigenvalue weighted by molar-refractivity contribution is 0.0476. The molecule has 0 aromatic heterocycles. The van der Waals surface area contributed by atoms with Crippen molar-refractivity contribution in [1.82, 2.24) is 5.32 Å². The minimum atomic E-state index is 0.438. The molecule has 2 rings (SSSR count). The molecule has 19 heavy (non-hydrogen) atoms. The molecule has 0 aliphatic heterocycles. The normalized spacial score (nSPS) is 37.3. The summed E-state index contributed by atoms with van der Waals surface area (Å²) in [4.78, 5) is 0. The van der Waals surface area contributed by atoms with Crippen molar-refractivity contribution < 1.29 is 4.74 Å². The third-order valence-electron chi connectivity index (χ3n) is 5.29. The Balaban J connectivity index is 1.92. The van der Waals surface area contributed by atoms with E-state index in [1.807, 2.05) is 7.11 Å². The van der Waals surface area contributed by atoms with E-state index in [4.69, 9.17) is 4.74 Å². The van der Waals surface area contributed by atoms with Gasteiger partial charge in [-0.3, -0.25) is 0 Å². The van der Waals surface area contributed by atoms with Crippen LogP contribution in [0.3, 0.4) is 0 Å². The lowest BCUT2D eigenvalue weighted by Gasteiger charge is -2.43. The summed E-state index contributed by atoms with van der Waals surface area (Å²) in [5, 5.41) is 4.00. The minimum Gasteiger partial charge on any atom is -0.381 e. The van der Waals surface area contributed by atoms with Gasteiger partial charge in [0, 0.05) is 19.2 Å². The van der Waals surface area contributed by atoms with E-state index in [2.05, 4.69) is 26.1 Å². The summed E-state index contributed by atoms with van der Waals surface area (Å²) in [6.45, 7) is 7.24. The Morgan fingerprint density at radius 1 is 0.947 bits per heavy atom. The fraction of sp³-hybridized carbons (Fsp3) is 1.00. The molecule has 0 heterocycles. The predicted octanol–water partition coefficient (Wildman–Crippen LogP) is 4.14. The fourth-order valence-electron chi connectivity index (χ4n) is 4.18. The average Bonchev–Trinajstić information content (AvgIpc) is 2.38. The van der Waals surface area contributed by atoms with Crippen molar-refractivity contribution in [1.29, 1.82) is 0 Å². The smallest absolute Gasteiger partial charge is 0.0586 e. The van der Waals surface area contributed by atoms with Crippen molar-refractivity contribution in [2.75, 3.05) is 7.11 Å². The second-order valence-corrected chi connectivity index (χ2v) is 7.75. The van der Waals surface area contributed by atoms with Crippen LogP contribution in [0.25, 0.3) is 0 Å². The molecule has 2 fully saturated rings. The molecule has 0 amide bonds. The summed E-state index contributed by atoms with van der Waals surface area (Å²) in [6, 6.07) is 1.42. The Kier molecular flexibility index (Phi) is 5.30. The summed E-state index contributed by atoms with van der Waals surface area (Å²) >= 11 is 0. The standard InChI is InChI=1S/C17H33NO/c1-17(2,3)15-10-5-6-11-16(15)18-13-8-7-9-14(12-13)19-4/h13-16,18H,5-12H2,1-4H3. The van der Waals surface area contributed by atoms with Crippen LogP contribution in [0, 0.1) is 11.3 Å². The summed E-state index contributed by atoms with van der Waals surface area (Å²) in [5.41, 5.74) is 0.438. The highest BCUT2D eigenvalue weighted by Crippen LogP contribution is 2.38. The van der Waals surface area contributed by atoms with Crippen LogP contribution < -0.4 is 5.32 Å². The topological polar surface area (TPSA) is 21.3 Å². The summed E-state index contributed by atoms with van der Waals surface area (Å²) in [5.74, 6) is 0.837. The van der Waals surface area contributed by atoms with Crippen molar-refractivity contribution in [3.63, 3.8) is 0 Å². The van der Waals surface area contributed by atoms with Gasteiger partial charge < -0.3 is 10.1 Å². The number of hydrogen-bond donors (Lipinski definition) is 1. The van der Waals surface area contributed by atoms with Crippen LogP contribution in [0.5, 0.6) is 0 Å². The van der Waals surface area contributed by atoms with E-state index in [-0.39, 0.29) is 0 Å². The van der Waals surface area contributed by atoms with Crippen LogP contribution >= 0.6 is 0 Å². The van der Waals surface area contributed by atoms with Gasteiger partial charge >= 0.3 is 0 Å². The van der Waals surface area contributed by atoms with E-state index in [0.29, 0.717) is 17.6 Å². The Labute approximate surface area is 119 Å². The maximum atomic E-state index is 5.56. The van der Waals surface area contributed by atoms with E-state index < -0.39 is 0 Å². The molecule has 2 heteroatoms. The van der Waals surface area contributed by atoms with Gasteiger partial charge in [0.15, 0.2) is 0 Å². The molecule has 0 saturated heterocycles. The van der Waals surface area contributed by atoms with Crippen LogP contribution in [-0.2, 0) is 4.74 Å². The summed E-state index contributed by atoms with van der Waals surface area (Å²) in [6.07, 6.45) is 11.2. The molecule has 2 saturated carbocycles. The fourth-order valence-corrected chi connectivity index (χ4v) is 4.18. The van der Waals surface area contributed by atoms with Crippen molar-refractivity contribution in [3.05, 3.63) is 0 Å². The monoisotopic (exact) mass is 267 g/mol. The second-order valence-electron chi connectivity index (χ2n) is 7.75. The van der Waals surface area contributed by atoms with Crippen LogP contribution in [0.4, 0.5) is 0 Å². The first kappa shape index (κ1) is 15.3. The Morgan fingerprint density at radius 2 is 1.68 bits per heavy atom. The van der Waals surface area contributed by atoms with E-state index in [9.17, 15) is 0 Å². The van der Waals surface area contributed by atoms with Gasteiger partial charge in [0.1, 0.15) is 0 Å². The molecular weight excluding hydrogens is 234 g/mol. The lowest BCUT2D eigenvalue weighted by atomic mass is 9.69. The quantitative estimate of drug-likeness (QED) is 0.830. The van der Waals surface area contributed by atoms with Gasteiger partial charge in [-0.1, -0.05) is 33.6 Å². The minimum absolute atomic E-state index is 0.438. The van der Waals surface area contributed by atoms with E-state index in [1.165, 1.54) is 51.4 Å². The van der Waals surface area contributed by atoms with Gasteiger partial charge in [-0.25, -0.2) is 0 Å².